The van der Waals surface area contributed by atoms with E-state index in [1.54, 1.807) is 7.11 Å². The van der Waals surface area contributed by atoms with Crippen molar-refractivity contribution in [2.24, 2.45) is 5.73 Å². The minimum atomic E-state index is 0. The minimum Gasteiger partial charge on any atom is -0.380 e. The molecule has 0 unspecified atom stereocenters. The van der Waals surface area contributed by atoms with Crippen molar-refractivity contribution in [3.63, 3.8) is 0 Å². The van der Waals surface area contributed by atoms with Crippen molar-refractivity contribution >= 4 is 12.4 Å². The summed E-state index contributed by atoms with van der Waals surface area (Å²) in [5.41, 5.74) is 5.51. The highest BCUT2D eigenvalue weighted by atomic mass is 35.5. The lowest BCUT2D eigenvalue weighted by molar-refractivity contribution is 0.0213. The molecule has 0 spiro atoms. The van der Waals surface area contributed by atoms with E-state index in [0.29, 0.717) is 12.1 Å². The van der Waals surface area contributed by atoms with Crippen LogP contribution in [0.5, 0.6) is 0 Å². The van der Waals surface area contributed by atoms with Gasteiger partial charge >= 0.3 is 0 Å². The van der Waals surface area contributed by atoms with E-state index < -0.39 is 0 Å². The maximum absolute atomic E-state index is 5.51. The van der Waals surface area contributed by atoms with E-state index in [0.717, 1.165) is 12.8 Å². The van der Waals surface area contributed by atoms with Gasteiger partial charge in [-0.2, -0.15) is 0 Å². The van der Waals surface area contributed by atoms with Gasteiger partial charge in [-0.15, -0.1) is 12.4 Å². The van der Waals surface area contributed by atoms with Crippen LogP contribution in [0.15, 0.2) is 0 Å². The van der Waals surface area contributed by atoms with Gasteiger partial charge in [0, 0.05) is 13.2 Å². The predicted molar refractivity (Wildman–Crippen MR) is 35.3 cm³/mol. The summed E-state index contributed by atoms with van der Waals surface area (Å²) in [6.45, 7) is 0. The maximum Gasteiger partial charge on any atom is 0.0722 e. The molecule has 8 heavy (non-hydrogen) atoms. The van der Waals surface area contributed by atoms with Crippen LogP contribution in [-0.2, 0) is 4.74 Å². The highest BCUT2D eigenvalue weighted by Gasteiger charge is 2.26. The molecule has 50 valence electrons. The van der Waals surface area contributed by atoms with Crippen molar-refractivity contribution in [2.45, 2.75) is 25.0 Å². The second-order valence-corrected chi connectivity index (χ2v) is 2.02. The Kier molecular flexibility index (Phi) is 3.36. The Labute approximate surface area is 55.8 Å². The lowest BCUT2D eigenvalue weighted by Crippen LogP contribution is -2.45. The molecule has 1 rings (SSSR count). The van der Waals surface area contributed by atoms with Crippen LogP contribution >= 0.6 is 12.4 Å². The van der Waals surface area contributed by atoms with Gasteiger partial charge in [0.15, 0.2) is 0 Å². The van der Waals surface area contributed by atoms with Crippen LogP contribution in [0, 0.1) is 0 Å². The lowest BCUT2D eigenvalue weighted by atomic mass is 9.90. The number of halogens is 1. The molecule has 0 bridgehead atoms. The van der Waals surface area contributed by atoms with Gasteiger partial charge < -0.3 is 10.5 Å². The first-order valence-electron chi connectivity index (χ1n) is 2.63. The molecule has 1 saturated carbocycles. The molecule has 0 aromatic rings. The zero-order valence-corrected chi connectivity index (χ0v) is 5.78. The standard InChI is InChI=1S/C5H11NO.ClH/c1-7-5-3-2-4(5)6;/h4-5H,2-3,6H2,1H3;1H/t4-,5+;/m0./s1. The maximum atomic E-state index is 5.51. The van der Waals surface area contributed by atoms with E-state index >= 15 is 0 Å². The van der Waals surface area contributed by atoms with Gasteiger partial charge in [0.1, 0.15) is 0 Å². The third kappa shape index (κ3) is 1.34. The molecular weight excluding hydrogens is 126 g/mol. The highest BCUT2D eigenvalue weighted by molar-refractivity contribution is 5.85. The Morgan fingerprint density at radius 3 is 2.12 bits per heavy atom. The van der Waals surface area contributed by atoms with Crippen LogP contribution < -0.4 is 5.73 Å². The van der Waals surface area contributed by atoms with E-state index in [9.17, 15) is 0 Å². The van der Waals surface area contributed by atoms with Crippen molar-refractivity contribution in [1.29, 1.82) is 0 Å². The second kappa shape index (κ2) is 3.28. The summed E-state index contributed by atoms with van der Waals surface area (Å²) >= 11 is 0. The van der Waals surface area contributed by atoms with E-state index in [-0.39, 0.29) is 12.4 Å². The molecule has 2 nitrogen and oxygen atoms in total. The number of ether oxygens (including phenoxy) is 1. The van der Waals surface area contributed by atoms with Gasteiger partial charge in [-0.3, -0.25) is 0 Å². The summed E-state index contributed by atoms with van der Waals surface area (Å²) in [4.78, 5) is 0. The van der Waals surface area contributed by atoms with Crippen LogP contribution in [0.1, 0.15) is 12.8 Å². The summed E-state index contributed by atoms with van der Waals surface area (Å²) in [6, 6.07) is 0.324. The number of methoxy groups -OCH3 is 1. The Morgan fingerprint density at radius 1 is 1.50 bits per heavy atom. The smallest absolute Gasteiger partial charge is 0.0722 e. The van der Waals surface area contributed by atoms with E-state index in [2.05, 4.69) is 0 Å². The zero-order valence-electron chi connectivity index (χ0n) is 4.96. The van der Waals surface area contributed by atoms with E-state index in [4.69, 9.17) is 10.5 Å². The first-order chi connectivity index (χ1) is 3.34. The van der Waals surface area contributed by atoms with Crippen molar-refractivity contribution in [3.8, 4) is 0 Å². The van der Waals surface area contributed by atoms with Crippen molar-refractivity contribution in [1.82, 2.24) is 0 Å². The molecule has 0 aromatic heterocycles. The van der Waals surface area contributed by atoms with Crippen LogP contribution in [0.3, 0.4) is 0 Å². The third-order valence-corrected chi connectivity index (χ3v) is 1.56. The lowest BCUT2D eigenvalue weighted by Gasteiger charge is -2.31. The Balaban J connectivity index is 0.000000490. The molecule has 2 N–H and O–H groups in total. The normalized spacial score (nSPS) is 35.2. The first-order valence-corrected chi connectivity index (χ1v) is 2.63. The summed E-state index contributed by atoms with van der Waals surface area (Å²) in [5, 5.41) is 0. The molecule has 0 saturated heterocycles. The quantitative estimate of drug-likeness (QED) is 0.573. The SMILES string of the molecule is CO[C@@H]1CC[C@@H]1N.Cl. The Hall–Kier alpha value is 0.210. The van der Waals surface area contributed by atoms with Gasteiger partial charge in [-0.05, 0) is 12.8 Å². The summed E-state index contributed by atoms with van der Waals surface area (Å²) in [6.07, 6.45) is 2.65. The van der Waals surface area contributed by atoms with E-state index in [1.807, 2.05) is 0 Å². The molecule has 2 atom stereocenters. The molecule has 1 fully saturated rings. The fourth-order valence-corrected chi connectivity index (χ4v) is 0.788. The predicted octanol–water partition coefficient (Wildman–Crippen LogP) is 0.544. The molecule has 0 radical (unpaired) electrons. The largest absolute Gasteiger partial charge is 0.380 e. The Morgan fingerprint density at radius 2 is 2.12 bits per heavy atom. The minimum absolute atomic E-state index is 0. The molecule has 1 aliphatic rings. The summed E-state index contributed by atoms with van der Waals surface area (Å²) < 4.78 is 4.97. The van der Waals surface area contributed by atoms with Crippen LogP contribution in [0.25, 0.3) is 0 Å². The molecule has 0 aliphatic heterocycles. The van der Waals surface area contributed by atoms with Gasteiger partial charge in [-0.25, -0.2) is 0 Å². The summed E-state index contributed by atoms with van der Waals surface area (Å²) in [7, 11) is 1.71. The molecule has 0 heterocycles. The highest BCUT2D eigenvalue weighted by Crippen LogP contribution is 2.19. The second-order valence-electron chi connectivity index (χ2n) is 2.02. The first kappa shape index (κ1) is 8.21. The molecule has 1 aliphatic carbocycles. The molecule has 0 aromatic carbocycles. The number of rotatable bonds is 1. The fraction of sp³-hybridized carbons (Fsp3) is 1.00. The Bertz CT molecular complexity index is 67.4. The molecule has 3 heteroatoms. The van der Waals surface area contributed by atoms with Crippen molar-refractivity contribution < 1.29 is 4.74 Å². The van der Waals surface area contributed by atoms with Crippen LogP contribution in [-0.4, -0.2) is 19.3 Å². The average Bonchev–Trinajstić information content (AvgIpc) is 1.65. The molecular formula is C5H12ClNO. The van der Waals surface area contributed by atoms with Crippen LogP contribution in [0.2, 0.25) is 0 Å². The van der Waals surface area contributed by atoms with Gasteiger partial charge in [0.2, 0.25) is 0 Å². The third-order valence-electron chi connectivity index (χ3n) is 1.56. The number of nitrogens with two attached hydrogens (primary N) is 1. The molecule has 0 amide bonds. The van der Waals surface area contributed by atoms with Gasteiger partial charge in [0.25, 0.3) is 0 Å². The topological polar surface area (TPSA) is 35.2 Å². The zero-order chi connectivity index (χ0) is 5.28. The van der Waals surface area contributed by atoms with Crippen LogP contribution in [0.4, 0.5) is 0 Å². The number of hydrogen-bond donors (Lipinski definition) is 1. The van der Waals surface area contributed by atoms with E-state index in [1.165, 1.54) is 0 Å². The van der Waals surface area contributed by atoms with Crippen molar-refractivity contribution in [3.05, 3.63) is 0 Å². The summed E-state index contributed by atoms with van der Waals surface area (Å²) in [5.74, 6) is 0. The van der Waals surface area contributed by atoms with Gasteiger partial charge in [-0.1, -0.05) is 0 Å². The number of hydrogen-bond acceptors (Lipinski definition) is 2. The van der Waals surface area contributed by atoms with Crippen molar-refractivity contribution in [2.75, 3.05) is 7.11 Å². The monoisotopic (exact) mass is 137 g/mol. The fourth-order valence-electron chi connectivity index (χ4n) is 0.788. The van der Waals surface area contributed by atoms with Gasteiger partial charge in [0.05, 0.1) is 6.10 Å². The average molecular weight is 138 g/mol.